The molecule has 0 aromatic heterocycles. The van der Waals surface area contributed by atoms with Crippen LogP contribution in [-0.4, -0.2) is 232 Å². The fourth-order valence-electron chi connectivity index (χ4n) is 13.5. The quantitative estimate of drug-likeness (QED) is 0.0494. The summed E-state index contributed by atoms with van der Waals surface area (Å²) in [6.45, 7) is 5.41. The van der Waals surface area contributed by atoms with Crippen molar-refractivity contribution in [3.63, 3.8) is 0 Å². The standard InChI is InChI=1S/C44H70O23/c1-17-11-43-9-5-22-41(2,7-4-8-42(22,3)40(59)66-37-32(57)29(54)25(50)19(13-46)61-37)23(43)6-10-44(17,16-43)67-38-33(58)34(27(52)21(15-48)62-38)64-39-35(30(55)26(51)20(14-47)63-39)65-36-31(56)28(53)24(49)18(12-45)60-36/h18-39,45-58H,1,4-16H2,2-3H3/t18-,19-,20-,21-,22+,23+,24-,25-,26-,27-,28+,29+,30+,31-,32-,33-,34+,35-,36+,37+,38+,39+,41-,42-,43-,44+/m1/s1. The van der Waals surface area contributed by atoms with Crippen molar-refractivity contribution in [2.45, 2.75) is 200 Å². The Labute approximate surface area is 386 Å². The van der Waals surface area contributed by atoms with Gasteiger partial charge in [0.2, 0.25) is 6.29 Å². The van der Waals surface area contributed by atoms with E-state index in [4.69, 9.17) is 37.9 Å². The van der Waals surface area contributed by atoms with Crippen LogP contribution in [0.25, 0.3) is 0 Å². The molecule has 0 radical (unpaired) electrons. The van der Waals surface area contributed by atoms with Crippen molar-refractivity contribution in [3.8, 4) is 0 Å². The van der Waals surface area contributed by atoms with E-state index in [0.717, 1.165) is 12.0 Å². The summed E-state index contributed by atoms with van der Waals surface area (Å²) in [4.78, 5) is 14.2. The first kappa shape index (κ1) is 51.7. The van der Waals surface area contributed by atoms with Gasteiger partial charge < -0.3 is 109 Å². The molecule has 4 aliphatic carbocycles. The maximum atomic E-state index is 14.2. The fourth-order valence-corrected chi connectivity index (χ4v) is 13.5. The lowest BCUT2D eigenvalue weighted by Crippen LogP contribution is -2.67. The Hall–Kier alpha value is -1.63. The molecule has 4 saturated carbocycles. The molecule has 0 aromatic carbocycles. The van der Waals surface area contributed by atoms with Crippen molar-refractivity contribution in [1.82, 2.24) is 0 Å². The molecule has 23 heteroatoms. The van der Waals surface area contributed by atoms with E-state index in [-0.39, 0.29) is 22.7 Å². The number of fused-ring (bicyclic) bond motifs is 3. The highest BCUT2D eigenvalue weighted by molar-refractivity contribution is 5.77. The van der Waals surface area contributed by atoms with Gasteiger partial charge in [-0.1, -0.05) is 19.9 Å². The molecule has 0 amide bonds. The topological polar surface area (TPSA) is 374 Å². The van der Waals surface area contributed by atoms with E-state index in [1.165, 1.54) is 0 Å². The van der Waals surface area contributed by atoms with E-state index in [2.05, 4.69) is 13.5 Å². The molecule has 4 aliphatic heterocycles. The van der Waals surface area contributed by atoms with Crippen molar-refractivity contribution < 1.29 is 114 Å². The summed E-state index contributed by atoms with van der Waals surface area (Å²) in [6, 6.07) is 0. The highest BCUT2D eigenvalue weighted by Crippen LogP contribution is 2.73. The Morgan fingerprint density at radius 3 is 1.69 bits per heavy atom. The van der Waals surface area contributed by atoms with Crippen molar-refractivity contribution >= 4 is 5.97 Å². The summed E-state index contributed by atoms with van der Waals surface area (Å²) in [5.74, 6) is -0.713. The number of ether oxygens (including phenoxy) is 8. The average molecular weight is 967 g/mol. The lowest BCUT2D eigenvalue weighted by molar-refractivity contribution is -0.392. The number of aliphatic hydroxyl groups excluding tert-OH is 14. The molecule has 26 atom stereocenters. The molecule has 0 aromatic rings. The summed E-state index contributed by atoms with van der Waals surface area (Å²) in [5, 5.41) is 148. The number of esters is 1. The molecule has 0 unspecified atom stereocenters. The molecule has 8 fully saturated rings. The van der Waals surface area contributed by atoms with Crippen molar-refractivity contribution in [1.29, 1.82) is 0 Å². The van der Waals surface area contributed by atoms with Crippen LogP contribution >= 0.6 is 0 Å². The van der Waals surface area contributed by atoms with E-state index in [1.807, 2.05) is 6.92 Å². The molecule has 1 spiro atoms. The largest absolute Gasteiger partial charge is 0.432 e. The molecule has 4 saturated heterocycles. The number of carbonyl (C=O) groups is 1. The zero-order valence-electron chi connectivity index (χ0n) is 37.5. The summed E-state index contributed by atoms with van der Waals surface area (Å²) < 4.78 is 47.2. The first-order valence-electron chi connectivity index (χ1n) is 23.4. The van der Waals surface area contributed by atoms with Crippen molar-refractivity contribution in [2.75, 3.05) is 26.4 Å². The van der Waals surface area contributed by atoms with Crippen molar-refractivity contribution in [2.24, 2.45) is 28.1 Å². The zero-order chi connectivity index (χ0) is 48.7. The van der Waals surface area contributed by atoms with Gasteiger partial charge in [0.15, 0.2) is 18.9 Å². The summed E-state index contributed by atoms with van der Waals surface area (Å²) in [5.41, 5.74) is -2.08. The monoisotopic (exact) mass is 966 g/mol. The molecule has 14 N–H and O–H groups in total. The van der Waals surface area contributed by atoms with E-state index < -0.39 is 166 Å². The lowest BCUT2D eigenvalue weighted by Gasteiger charge is -2.64. The van der Waals surface area contributed by atoms with Crippen LogP contribution in [0.5, 0.6) is 0 Å². The maximum Gasteiger partial charge on any atom is 0.314 e. The van der Waals surface area contributed by atoms with Gasteiger partial charge in [-0.25, -0.2) is 0 Å². The molecule has 2 bridgehead atoms. The van der Waals surface area contributed by atoms with Gasteiger partial charge in [0.25, 0.3) is 0 Å². The van der Waals surface area contributed by atoms with Crippen LogP contribution in [0.3, 0.4) is 0 Å². The van der Waals surface area contributed by atoms with Crippen LogP contribution < -0.4 is 0 Å². The highest BCUT2D eigenvalue weighted by atomic mass is 16.8. The maximum absolute atomic E-state index is 14.2. The van der Waals surface area contributed by atoms with E-state index in [9.17, 15) is 76.3 Å². The van der Waals surface area contributed by atoms with E-state index in [1.54, 1.807) is 0 Å². The van der Waals surface area contributed by atoms with Crippen LogP contribution in [0.2, 0.25) is 0 Å². The predicted octanol–water partition coefficient (Wildman–Crippen LogP) is -5.11. The number of rotatable bonds is 12. The molecule has 4 heterocycles. The van der Waals surface area contributed by atoms with Crippen LogP contribution in [-0.2, 0) is 42.7 Å². The predicted molar refractivity (Wildman–Crippen MR) is 219 cm³/mol. The minimum atomic E-state index is -1.95. The summed E-state index contributed by atoms with van der Waals surface area (Å²) in [6.07, 6.45) is -28.7. The third-order valence-electron chi connectivity index (χ3n) is 17.1. The van der Waals surface area contributed by atoms with Crippen LogP contribution in [0.1, 0.15) is 71.6 Å². The molecular weight excluding hydrogens is 896 g/mol. The normalized spacial score (nSPS) is 54.5. The second-order valence-electron chi connectivity index (χ2n) is 20.8. The van der Waals surface area contributed by atoms with Crippen LogP contribution in [0.4, 0.5) is 0 Å². The van der Waals surface area contributed by atoms with Gasteiger partial charge in [-0.3, -0.25) is 4.79 Å². The van der Waals surface area contributed by atoms with E-state index >= 15 is 0 Å². The number of carbonyl (C=O) groups excluding carboxylic acids is 1. The Bertz CT molecular complexity index is 1760. The molecule has 8 rings (SSSR count). The van der Waals surface area contributed by atoms with Crippen LogP contribution in [0.15, 0.2) is 12.2 Å². The molecule has 384 valence electrons. The van der Waals surface area contributed by atoms with Gasteiger partial charge in [0, 0.05) is 0 Å². The van der Waals surface area contributed by atoms with Crippen LogP contribution in [0, 0.1) is 28.1 Å². The first-order chi connectivity index (χ1) is 31.6. The second kappa shape index (κ2) is 19.4. The van der Waals surface area contributed by atoms with Gasteiger partial charge in [0.05, 0.1) is 37.4 Å². The molecule has 67 heavy (non-hydrogen) atoms. The first-order valence-corrected chi connectivity index (χ1v) is 23.4. The Morgan fingerprint density at radius 1 is 0.567 bits per heavy atom. The number of hydrogen-bond acceptors (Lipinski definition) is 23. The fraction of sp³-hybridized carbons (Fsp3) is 0.932. The molecular formula is C44H70O23. The second-order valence-corrected chi connectivity index (χ2v) is 20.8. The SMILES string of the molecule is C=C1C[C@@]23CC[C@H]4[C@@](C)(CCC[C@@]4(C)C(=O)O[C@@H]4O[C@H](CO)[C@@H](O)[C@H](O)[C@H]4O)[C@@H]2CC[C@]1(O[C@@H]1O[C@H](CO)[C@@H](O)[C@H](O[C@@H]2O[C@H](CO)[C@@H](O)[C@H](O)[C@H]2O[C@@H]2O[C@H](CO)[C@@H](O)[C@H](O)[C@H]2O)[C@H]1O)C3. The van der Waals surface area contributed by atoms with Gasteiger partial charge >= 0.3 is 5.97 Å². The number of hydrogen-bond donors (Lipinski definition) is 14. The molecule has 8 aliphatic rings. The molecule has 23 nitrogen and oxygen atoms in total. The number of aliphatic hydroxyl groups is 14. The van der Waals surface area contributed by atoms with Gasteiger partial charge in [-0.05, 0) is 86.5 Å². The third-order valence-corrected chi connectivity index (χ3v) is 17.1. The minimum absolute atomic E-state index is 0.0695. The Balaban J connectivity index is 0.991. The van der Waals surface area contributed by atoms with E-state index in [0.29, 0.717) is 51.4 Å². The Kier molecular flexibility index (Phi) is 15.0. The lowest BCUT2D eigenvalue weighted by atomic mass is 9.41. The zero-order valence-corrected chi connectivity index (χ0v) is 37.5. The highest BCUT2D eigenvalue weighted by Gasteiger charge is 2.69. The van der Waals surface area contributed by atoms with Gasteiger partial charge in [-0.2, -0.15) is 0 Å². The minimum Gasteiger partial charge on any atom is -0.432 e. The summed E-state index contributed by atoms with van der Waals surface area (Å²) >= 11 is 0. The van der Waals surface area contributed by atoms with Gasteiger partial charge in [0.1, 0.15) is 97.7 Å². The summed E-state index contributed by atoms with van der Waals surface area (Å²) in [7, 11) is 0. The smallest absolute Gasteiger partial charge is 0.314 e. The van der Waals surface area contributed by atoms with Gasteiger partial charge in [-0.15, -0.1) is 0 Å². The Morgan fingerprint density at radius 2 is 1.07 bits per heavy atom. The van der Waals surface area contributed by atoms with Crippen molar-refractivity contribution in [3.05, 3.63) is 12.2 Å². The third kappa shape index (κ3) is 8.63. The average Bonchev–Trinajstić information content (AvgIpc) is 3.50.